The Hall–Kier alpha value is -1.39. The number of hydrogen-bond donors (Lipinski definition) is 1. The van der Waals surface area contributed by atoms with E-state index in [1.807, 2.05) is 25.1 Å². The molecule has 4 atom stereocenters. The number of fused-ring (bicyclic) bond motifs is 3. The van der Waals surface area contributed by atoms with Crippen LogP contribution in [-0.2, 0) is 19.8 Å². The van der Waals surface area contributed by atoms with Crippen LogP contribution in [0.5, 0.6) is 0 Å². The van der Waals surface area contributed by atoms with Crippen molar-refractivity contribution in [1.29, 1.82) is 0 Å². The molecule has 0 aromatic heterocycles. The number of methoxy groups -OCH3 is 1. The van der Waals surface area contributed by atoms with Gasteiger partial charge in [-0.3, -0.25) is 10.1 Å². The number of esters is 1. The Labute approximate surface area is 131 Å². The van der Waals surface area contributed by atoms with Gasteiger partial charge in [-0.25, -0.2) is 4.89 Å². The zero-order valence-electron chi connectivity index (χ0n) is 13.5. The van der Waals surface area contributed by atoms with Crippen molar-refractivity contribution in [1.82, 2.24) is 0 Å². The Kier molecular flexibility index (Phi) is 3.77. The van der Waals surface area contributed by atoms with Crippen LogP contribution in [0.3, 0.4) is 0 Å². The van der Waals surface area contributed by atoms with E-state index in [0.29, 0.717) is 6.42 Å². The molecule has 4 heteroatoms. The Bertz CT molecular complexity index is 584. The van der Waals surface area contributed by atoms with Crippen molar-refractivity contribution in [2.75, 3.05) is 7.11 Å². The van der Waals surface area contributed by atoms with Crippen molar-refractivity contribution in [3.63, 3.8) is 0 Å². The van der Waals surface area contributed by atoms with Crippen LogP contribution in [0, 0.1) is 11.3 Å². The van der Waals surface area contributed by atoms with Crippen molar-refractivity contribution < 1.29 is 19.7 Å². The van der Waals surface area contributed by atoms with Crippen LogP contribution in [0.4, 0.5) is 0 Å². The van der Waals surface area contributed by atoms with Gasteiger partial charge in [0.15, 0.2) is 0 Å². The first-order chi connectivity index (χ1) is 10.5. The second-order valence-corrected chi connectivity index (χ2v) is 7.15. The number of carbonyl (C=O) groups is 1. The number of carbonyl (C=O) groups excluding carboxylic acids is 1. The molecule has 1 aromatic carbocycles. The minimum Gasteiger partial charge on any atom is -0.469 e. The molecule has 22 heavy (non-hydrogen) atoms. The molecule has 4 nitrogen and oxygen atoms in total. The van der Waals surface area contributed by atoms with Gasteiger partial charge in [0, 0.05) is 0 Å². The minimum atomic E-state index is -0.536. The summed E-state index contributed by atoms with van der Waals surface area (Å²) < 4.78 is 5.10. The van der Waals surface area contributed by atoms with Crippen molar-refractivity contribution in [3.8, 4) is 0 Å². The van der Waals surface area contributed by atoms with Gasteiger partial charge in [-0.2, -0.15) is 0 Å². The molecule has 4 unspecified atom stereocenters. The lowest BCUT2D eigenvalue weighted by atomic mass is 9.49. The van der Waals surface area contributed by atoms with Gasteiger partial charge in [0.25, 0.3) is 0 Å². The number of benzene rings is 1. The Balaban J connectivity index is 2.14. The molecule has 0 bridgehead atoms. The summed E-state index contributed by atoms with van der Waals surface area (Å²) in [5.41, 5.74) is 1.61. The van der Waals surface area contributed by atoms with Gasteiger partial charge >= 0.3 is 5.97 Å². The molecule has 1 saturated carbocycles. The zero-order chi connectivity index (χ0) is 16.0. The fourth-order valence-electron chi connectivity index (χ4n) is 4.93. The first-order valence-corrected chi connectivity index (χ1v) is 7.95. The third kappa shape index (κ3) is 2.01. The molecule has 0 amide bonds. The van der Waals surface area contributed by atoms with Crippen LogP contribution in [0.25, 0.3) is 0 Å². The summed E-state index contributed by atoms with van der Waals surface area (Å²) >= 11 is 0. The fraction of sp³-hybridized carbons (Fsp3) is 0.611. The standard InChI is InChI=1S/C18H24O4/c1-17-9-6-10-18(2,16(19)21-3)15(17)11-14(22-20)12-7-4-5-8-13(12)17/h4-5,7-8,14-15,20H,6,9-11H2,1-3H3. The highest BCUT2D eigenvalue weighted by atomic mass is 17.1. The van der Waals surface area contributed by atoms with Crippen LogP contribution in [0.15, 0.2) is 24.3 Å². The maximum absolute atomic E-state index is 12.5. The molecular weight excluding hydrogens is 280 g/mol. The zero-order valence-corrected chi connectivity index (χ0v) is 13.5. The lowest BCUT2D eigenvalue weighted by molar-refractivity contribution is -0.291. The van der Waals surface area contributed by atoms with E-state index in [-0.39, 0.29) is 23.4 Å². The van der Waals surface area contributed by atoms with Crippen LogP contribution in [-0.4, -0.2) is 18.3 Å². The third-order valence-corrected chi connectivity index (χ3v) is 6.08. The van der Waals surface area contributed by atoms with Gasteiger partial charge in [0.1, 0.15) is 6.10 Å². The highest BCUT2D eigenvalue weighted by Crippen LogP contribution is 2.59. The van der Waals surface area contributed by atoms with E-state index >= 15 is 0 Å². The van der Waals surface area contributed by atoms with Crippen LogP contribution in [0.1, 0.15) is 56.8 Å². The Morgan fingerprint density at radius 2 is 2.00 bits per heavy atom. The lowest BCUT2D eigenvalue weighted by Crippen LogP contribution is -2.53. The molecule has 120 valence electrons. The fourth-order valence-corrected chi connectivity index (χ4v) is 4.93. The monoisotopic (exact) mass is 304 g/mol. The van der Waals surface area contributed by atoms with Gasteiger partial charge in [0.05, 0.1) is 12.5 Å². The van der Waals surface area contributed by atoms with Crippen LogP contribution < -0.4 is 0 Å². The summed E-state index contributed by atoms with van der Waals surface area (Å²) in [4.78, 5) is 17.2. The molecule has 0 spiro atoms. The molecule has 2 aliphatic rings. The molecule has 0 saturated heterocycles. The van der Waals surface area contributed by atoms with Crippen LogP contribution in [0.2, 0.25) is 0 Å². The van der Waals surface area contributed by atoms with Gasteiger partial charge < -0.3 is 4.74 Å². The van der Waals surface area contributed by atoms with E-state index in [9.17, 15) is 10.1 Å². The normalized spacial score (nSPS) is 37.1. The molecule has 0 aliphatic heterocycles. The van der Waals surface area contributed by atoms with Crippen LogP contribution >= 0.6 is 0 Å². The van der Waals surface area contributed by atoms with Crippen molar-refractivity contribution in [2.24, 2.45) is 11.3 Å². The Morgan fingerprint density at radius 1 is 1.27 bits per heavy atom. The predicted octanol–water partition coefficient (Wildman–Crippen LogP) is 3.86. The van der Waals surface area contributed by atoms with E-state index in [4.69, 9.17) is 9.62 Å². The summed E-state index contributed by atoms with van der Waals surface area (Å²) in [6, 6.07) is 8.11. The largest absolute Gasteiger partial charge is 0.469 e. The molecule has 3 rings (SSSR count). The summed E-state index contributed by atoms with van der Waals surface area (Å²) in [5.74, 6) is -0.0623. The Morgan fingerprint density at radius 3 is 2.68 bits per heavy atom. The van der Waals surface area contributed by atoms with Crippen molar-refractivity contribution in [2.45, 2.75) is 51.0 Å². The summed E-state index contributed by atoms with van der Waals surface area (Å²) in [5, 5.41) is 9.36. The molecular formula is C18H24O4. The van der Waals surface area contributed by atoms with E-state index in [0.717, 1.165) is 24.8 Å². The van der Waals surface area contributed by atoms with E-state index in [1.165, 1.54) is 12.7 Å². The molecule has 0 heterocycles. The predicted molar refractivity (Wildman–Crippen MR) is 82.3 cm³/mol. The lowest BCUT2D eigenvalue weighted by Gasteiger charge is -2.54. The summed E-state index contributed by atoms with van der Waals surface area (Å²) in [7, 11) is 1.45. The first kappa shape index (κ1) is 15.5. The molecule has 1 aromatic rings. The maximum atomic E-state index is 12.5. The third-order valence-electron chi connectivity index (χ3n) is 6.08. The minimum absolute atomic E-state index is 0.0905. The van der Waals surface area contributed by atoms with Gasteiger partial charge in [-0.05, 0) is 48.6 Å². The number of rotatable bonds is 2. The molecule has 1 fully saturated rings. The van der Waals surface area contributed by atoms with E-state index in [1.54, 1.807) is 0 Å². The van der Waals surface area contributed by atoms with E-state index in [2.05, 4.69) is 13.0 Å². The second kappa shape index (κ2) is 5.36. The smallest absolute Gasteiger partial charge is 0.311 e. The number of hydrogen-bond acceptors (Lipinski definition) is 4. The quantitative estimate of drug-likeness (QED) is 0.512. The summed E-state index contributed by atoms with van der Waals surface area (Å²) in [6.45, 7) is 4.24. The average molecular weight is 304 g/mol. The number of ether oxygens (including phenoxy) is 1. The average Bonchev–Trinajstić information content (AvgIpc) is 2.54. The van der Waals surface area contributed by atoms with Gasteiger partial charge in [0.2, 0.25) is 0 Å². The SMILES string of the molecule is COC(=O)C1(C)CCCC2(C)c3ccccc3C(OO)CC12. The van der Waals surface area contributed by atoms with Crippen molar-refractivity contribution in [3.05, 3.63) is 35.4 Å². The topological polar surface area (TPSA) is 55.8 Å². The highest BCUT2D eigenvalue weighted by Gasteiger charge is 2.57. The summed E-state index contributed by atoms with van der Waals surface area (Å²) in [6.07, 6.45) is 3.11. The van der Waals surface area contributed by atoms with E-state index < -0.39 is 5.41 Å². The maximum Gasteiger partial charge on any atom is 0.311 e. The van der Waals surface area contributed by atoms with Gasteiger partial charge in [-0.1, -0.05) is 37.6 Å². The molecule has 2 aliphatic carbocycles. The molecule has 1 N–H and O–H groups in total. The second-order valence-electron chi connectivity index (χ2n) is 7.15. The molecule has 0 radical (unpaired) electrons. The first-order valence-electron chi connectivity index (χ1n) is 7.95. The highest BCUT2D eigenvalue weighted by molar-refractivity contribution is 5.77. The van der Waals surface area contributed by atoms with Crippen molar-refractivity contribution >= 4 is 5.97 Å². The van der Waals surface area contributed by atoms with Gasteiger partial charge in [-0.15, -0.1) is 0 Å².